The first-order chi connectivity index (χ1) is 2.27. The summed E-state index contributed by atoms with van der Waals surface area (Å²) in [6.07, 6.45) is 0. The summed E-state index contributed by atoms with van der Waals surface area (Å²) in [6, 6.07) is 0. The molecule has 1 radical (unpaired) electrons. The molecule has 0 heterocycles. The van der Waals surface area contributed by atoms with Crippen LogP contribution in [0.25, 0.3) is 0 Å². The fourth-order valence-corrected chi connectivity index (χ4v) is 0. The zero-order chi connectivity index (χ0) is 4.28. The Kier molecular flexibility index (Phi) is 9.74. The van der Waals surface area contributed by atoms with Gasteiger partial charge in [-0.2, -0.15) is 0 Å². The zero-order valence-corrected chi connectivity index (χ0v) is 7.00. The van der Waals surface area contributed by atoms with Gasteiger partial charge in [0.15, 0.2) is 5.11 Å². The maximum atomic E-state index is 4.89. The van der Waals surface area contributed by atoms with Crippen molar-refractivity contribution in [3.63, 3.8) is 0 Å². The van der Waals surface area contributed by atoms with E-state index in [-0.39, 0.29) is 22.4 Å². The first-order valence-corrected chi connectivity index (χ1v) is 2.02. The number of nitrogens with one attached hydrogen (secondary N) is 1. The SMILES string of the molecule is NC(=S)NP.[Au]. The molecule has 0 aliphatic heterocycles. The van der Waals surface area contributed by atoms with E-state index in [0.29, 0.717) is 5.11 Å². The molecule has 1 atom stereocenters. The van der Waals surface area contributed by atoms with Crippen LogP contribution in [-0.2, 0) is 22.4 Å². The van der Waals surface area contributed by atoms with Gasteiger partial charge >= 0.3 is 0 Å². The van der Waals surface area contributed by atoms with Crippen LogP contribution in [0.4, 0.5) is 0 Å². The molecule has 0 saturated heterocycles. The first-order valence-electron chi connectivity index (χ1n) is 1.03. The molecule has 6 heavy (non-hydrogen) atoms. The minimum atomic E-state index is 0. The number of hydrogen-bond donors (Lipinski definition) is 2. The summed E-state index contributed by atoms with van der Waals surface area (Å²) < 4.78 is 0. The molecule has 2 nitrogen and oxygen atoms in total. The van der Waals surface area contributed by atoms with Crippen LogP contribution in [-0.4, -0.2) is 5.11 Å². The smallest absolute Gasteiger partial charge is 0.166 e. The predicted molar refractivity (Wildman–Crippen MR) is 29.6 cm³/mol. The Balaban J connectivity index is 0. The number of thiocarbonyl (C=S) groups is 1. The van der Waals surface area contributed by atoms with Crippen molar-refractivity contribution < 1.29 is 22.4 Å². The van der Waals surface area contributed by atoms with Crippen molar-refractivity contribution in [1.29, 1.82) is 0 Å². The molecule has 0 aromatic carbocycles. The second kappa shape index (κ2) is 5.86. The van der Waals surface area contributed by atoms with Crippen molar-refractivity contribution in [2.75, 3.05) is 0 Å². The van der Waals surface area contributed by atoms with Crippen LogP contribution in [0.15, 0.2) is 0 Å². The summed E-state index contributed by atoms with van der Waals surface area (Å²) in [5, 5.41) is 2.75. The van der Waals surface area contributed by atoms with E-state index < -0.39 is 0 Å². The van der Waals surface area contributed by atoms with E-state index in [4.69, 9.17) is 5.73 Å². The predicted octanol–water partition coefficient (Wildman–Crippen LogP) is -0.393. The van der Waals surface area contributed by atoms with E-state index in [2.05, 4.69) is 26.7 Å². The summed E-state index contributed by atoms with van der Waals surface area (Å²) in [4.78, 5) is 0. The van der Waals surface area contributed by atoms with Crippen molar-refractivity contribution in [2.24, 2.45) is 5.73 Å². The van der Waals surface area contributed by atoms with Crippen molar-refractivity contribution in [3.05, 3.63) is 0 Å². The third-order valence-electron chi connectivity index (χ3n) is 0.142. The molecule has 41 valence electrons. The molecular formula is CH5AuN2PS. The topological polar surface area (TPSA) is 38.0 Å². The maximum absolute atomic E-state index is 4.89. The van der Waals surface area contributed by atoms with Gasteiger partial charge in [-0.25, -0.2) is 0 Å². The van der Waals surface area contributed by atoms with Crippen LogP contribution in [0, 0.1) is 0 Å². The standard InChI is InChI=1S/CH5N2PS.Au/c2-1(5)3-4;/h4H2,(H3,2,3,5);. The molecule has 0 saturated carbocycles. The summed E-state index contributed by atoms with van der Waals surface area (Å²) in [5.74, 6) is 0. The fraction of sp³-hybridized carbons (Fsp3) is 0. The van der Waals surface area contributed by atoms with E-state index in [1.165, 1.54) is 0 Å². The Morgan fingerprint density at radius 2 is 2.00 bits per heavy atom. The van der Waals surface area contributed by atoms with Gasteiger partial charge in [0.2, 0.25) is 0 Å². The van der Waals surface area contributed by atoms with Gasteiger partial charge in [0.1, 0.15) is 0 Å². The number of rotatable bonds is 0. The third kappa shape index (κ3) is 8.85. The molecular weight excluding hydrogens is 300 g/mol. The van der Waals surface area contributed by atoms with E-state index in [1.807, 2.05) is 0 Å². The van der Waals surface area contributed by atoms with Crippen molar-refractivity contribution in [1.82, 2.24) is 5.09 Å². The normalized spacial score (nSPS) is 5.50. The molecule has 0 rings (SSSR count). The Hall–Kier alpha value is 0.860. The second-order valence-corrected chi connectivity index (χ2v) is 1.24. The minimum Gasteiger partial charge on any atom is -0.376 e. The molecule has 0 aliphatic carbocycles. The van der Waals surface area contributed by atoms with Crippen LogP contribution < -0.4 is 10.8 Å². The summed E-state index contributed by atoms with van der Waals surface area (Å²) in [6.45, 7) is 0. The molecule has 5 heteroatoms. The zero-order valence-electron chi connectivity index (χ0n) is 2.86. The van der Waals surface area contributed by atoms with Gasteiger partial charge in [-0.15, -0.1) is 0 Å². The summed E-state index contributed by atoms with van der Waals surface area (Å²) in [7, 11) is 2.18. The van der Waals surface area contributed by atoms with Crippen LogP contribution in [0.1, 0.15) is 0 Å². The molecule has 1 unspecified atom stereocenters. The number of nitrogens with two attached hydrogens (primary N) is 1. The molecule has 0 aromatic heterocycles. The Morgan fingerprint density at radius 1 is 1.83 bits per heavy atom. The van der Waals surface area contributed by atoms with E-state index in [0.717, 1.165) is 0 Å². The molecule has 0 aromatic rings. The maximum Gasteiger partial charge on any atom is 0.166 e. The van der Waals surface area contributed by atoms with Crippen molar-refractivity contribution in [3.8, 4) is 0 Å². The Bertz CT molecular complexity index is 48.8. The van der Waals surface area contributed by atoms with Gasteiger partial charge < -0.3 is 10.8 Å². The van der Waals surface area contributed by atoms with Gasteiger partial charge in [-0.1, -0.05) is 0 Å². The van der Waals surface area contributed by atoms with Gasteiger partial charge in [0, 0.05) is 22.4 Å². The molecule has 0 aliphatic rings. The quantitative estimate of drug-likeness (QED) is 0.364. The summed E-state index contributed by atoms with van der Waals surface area (Å²) in [5.41, 5.74) is 4.89. The summed E-state index contributed by atoms with van der Waals surface area (Å²) >= 11 is 4.34. The second-order valence-electron chi connectivity index (χ2n) is 0.509. The fourth-order valence-electron chi connectivity index (χ4n) is 0. The van der Waals surface area contributed by atoms with Gasteiger partial charge in [-0.3, -0.25) is 0 Å². The Morgan fingerprint density at radius 3 is 2.00 bits per heavy atom. The molecule has 0 amide bonds. The first kappa shape index (κ1) is 9.97. The largest absolute Gasteiger partial charge is 0.376 e. The van der Waals surface area contributed by atoms with Gasteiger partial charge in [0.05, 0.1) is 0 Å². The van der Waals surface area contributed by atoms with Crippen molar-refractivity contribution in [2.45, 2.75) is 0 Å². The van der Waals surface area contributed by atoms with E-state index >= 15 is 0 Å². The Labute approximate surface area is 60.0 Å². The van der Waals surface area contributed by atoms with Crippen molar-refractivity contribution >= 4 is 26.7 Å². The van der Waals surface area contributed by atoms with Gasteiger partial charge in [0.25, 0.3) is 0 Å². The van der Waals surface area contributed by atoms with E-state index in [9.17, 15) is 0 Å². The van der Waals surface area contributed by atoms with Crippen LogP contribution in [0.3, 0.4) is 0 Å². The average Bonchev–Trinajstić information content (AvgIpc) is 1.38. The minimum absolute atomic E-state index is 0. The van der Waals surface area contributed by atoms with E-state index in [1.54, 1.807) is 0 Å². The molecule has 0 fully saturated rings. The molecule has 3 N–H and O–H groups in total. The monoisotopic (exact) mass is 305 g/mol. The van der Waals surface area contributed by atoms with Crippen LogP contribution >= 0.6 is 21.6 Å². The van der Waals surface area contributed by atoms with Gasteiger partial charge in [-0.05, 0) is 21.6 Å². The molecule has 0 bridgehead atoms. The van der Waals surface area contributed by atoms with Crippen LogP contribution in [0.5, 0.6) is 0 Å². The molecule has 0 spiro atoms. The number of hydrogen-bond acceptors (Lipinski definition) is 1. The third-order valence-corrected chi connectivity index (χ3v) is 0.780. The van der Waals surface area contributed by atoms with Crippen LogP contribution in [0.2, 0.25) is 0 Å². The average molecular weight is 305 g/mol.